The Bertz CT molecular complexity index is 905. The van der Waals surface area contributed by atoms with E-state index in [1.165, 1.54) is 18.2 Å². The molecule has 1 spiro atoms. The monoisotopic (exact) mass is 382 g/mol. The lowest BCUT2D eigenvalue weighted by atomic mass is 9.76. The topological polar surface area (TPSA) is 41.1 Å². The van der Waals surface area contributed by atoms with Crippen LogP contribution in [-0.2, 0) is 10.3 Å². The van der Waals surface area contributed by atoms with Crippen LogP contribution in [0.15, 0.2) is 30.3 Å². The molecule has 2 N–H and O–H groups in total. The van der Waals surface area contributed by atoms with Crippen LogP contribution >= 0.6 is 23.2 Å². The molecule has 25 heavy (non-hydrogen) atoms. The van der Waals surface area contributed by atoms with Crippen molar-refractivity contribution in [3.05, 3.63) is 63.1 Å². The number of rotatable bonds is 1. The SMILES string of the molecule is C[C@H]1C[C@H](c2cccc(Cl)c2F)[C@@]2(N1)C(=O)Nc1cc(Cl)c(F)cc12. The average Bonchev–Trinajstić information content (AvgIpc) is 3.03. The number of nitrogens with one attached hydrogen (secondary N) is 2. The highest BCUT2D eigenvalue weighted by Crippen LogP contribution is 2.52. The Hall–Kier alpha value is -1.69. The van der Waals surface area contributed by atoms with Crippen molar-refractivity contribution in [3.63, 3.8) is 0 Å². The van der Waals surface area contributed by atoms with Crippen LogP contribution in [0.25, 0.3) is 0 Å². The molecule has 2 heterocycles. The smallest absolute Gasteiger partial charge is 0.250 e. The second kappa shape index (κ2) is 5.66. The summed E-state index contributed by atoms with van der Waals surface area (Å²) in [7, 11) is 0. The fourth-order valence-corrected chi connectivity index (χ4v) is 4.38. The molecule has 3 nitrogen and oxygen atoms in total. The number of carbonyl (C=O) groups excluding carboxylic acids is 1. The third kappa shape index (κ3) is 2.30. The van der Waals surface area contributed by atoms with Gasteiger partial charge in [0.05, 0.1) is 10.0 Å². The summed E-state index contributed by atoms with van der Waals surface area (Å²) >= 11 is 11.8. The van der Waals surface area contributed by atoms with Gasteiger partial charge in [0.1, 0.15) is 17.2 Å². The highest BCUT2D eigenvalue weighted by atomic mass is 35.5. The fourth-order valence-electron chi connectivity index (χ4n) is 4.04. The number of hydrogen-bond acceptors (Lipinski definition) is 2. The van der Waals surface area contributed by atoms with E-state index < -0.39 is 23.1 Å². The largest absolute Gasteiger partial charge is 0.324 e. The first-order valence-electron chi connectivity index (χ1n) is 7.87. The molecule has 0 radical (unpaired) electrons. The third-order valence-electron chi connectivity index (χ3n) is 5.03. The summed E-state index contributed by atoms with van der Waals surface area (Å²) in [6.07, 6.45) is 0.508. The van der Waals surface area contributed by atoms with Crippen LogP contribution in [0.4, 0.5) is 14.5 Å². The van der Waals surface area contributed by atoms with E-state index in [2.05, 4.69) is 10.6 Å². The van der Waals surface area contributed by atoms with Gasteiger partial charge in [-0.3, -0.25) is 10.1 Å². The Labute approximate surface area is 153 Å². The van der Waals surface area contributed by atoms with E-state index in [4.69, 9.17) is 23.2 Å². The molecule has 2 aromatic rings. The number of anilines is 1. The molecule has 1 amide bonds. The van der Waals surface area contributed by atoms with Crippen LogP contribution in [0.5, 0.6) is 0 Å². The van der Waals surface area contributed by atoms with E-state index in [9.17, 15) is 13.6 Å². The summed E-state index contributed by atoms with van der Waals surface area (Å²) in [5.74, 6) is -2.05. The fraction of sp³-hybridized carbons (Fsp3) is 0.278. The van der Waals surface area contributed by atoms with Gasteiger partial charge in [0.2, 0.25) is 5.91 Å². The lowest BCUT2D eigenvalue weighted by Crippen LogP contribution is -2.48. The molecule has 0 saturated carbocycles. The quantitative estimate of drug-likeness (QED) is 0.757. The molecule has 2 aliphatic rings. The van der Waals surface area contributed by atoms with E-state index in [-0.39, 0.29) is 22.0 Å². The molecule has 1 fully saturated rings. The molecule has 2 aromatic carbocycles. The zero-order valence-corrected chi connectivity index (χ0v) is 14.7. The summed E-state index contributed by atoms with van der Waals surface area (Å²) in [4.78, 5) is 12.9. The molecule has 0 aliphatic carbocycles. The molecule has 0 aromatic heterocycles. The van der Waals surface area contributed by atoms with Gasteiger partial charge in [0, 0.05) is 23.2 Å². The number of hydrogen-bond donors (Lipinski definition) is 2. The van der Waals surface area contributed by atoms with Gasteiger partial charge in [0.15, 0.2) is 0 Å². The second-order valence-electron chi connectivity index (χ2n) is 6.55. The van der Waals surface area contributed by atoms with Crippen molar-refractivity contribution in [2.24, 2.45) is 0 Å². The van der Waals surface area contributed by atoms with Gasteiger partial charge in [-0.15, -0.1) is 0 Å². The summed E-state index contributed by atoms with van der Waals surface area (Å²) in [5, 5.41) is 5.91. The van der Waals surface area contributed by atoms with E-state index in [0.29, 0.717) is 23.2 Å². The summed E-state index contributed by atoms with van der Waals surface area (Å²) in [5.41, 5.74) is -0.0487. The van der Waals surface area contributed by atoms with Crippen LogP contribution in [-0.4, -0.2) is 11.9 Å². The van der Waals surface area contributed by atoms with Gasteiger partial charge in [0.25, 0.3) is 0 Å². The van der Waals surface area contributed by atoms with Crippen molar-refractivity contribution in [2.75, 3.05) is 5.32 Å². The minimum absolute atomic E-state index is 0.00637. The molecular weight excluding hydrogens is 369 g/mol. The van der Waals surface area contributed by atoms with E-state index in [0.717, 1.165) is 0 Å². The van der Waals surface area contributed by atoms with Crippen LogP contribution in [0.2, 0.25) is 10.0 Å². The molecule has 1 saturated heterocycles. The van der Waals surface area contributed by atoms with Crippen molar-refractivity contribution < 1.29 is 13.6 Å². The van der Waals surface area contributed by atoms with E-state index in [1.54, 1.807) is 12.1 Å². The molecule has 2 aliphatic heterocycles. The Kier molecular flexibility index (Phi) is 3.79. The Balaban J connectivity index is 1.95. The molecule has 0 unspecified atom stereocenters. The molecule has 3 atom stereocenters. The van der Waals surface area contributed by atoms with Gasteiger partial charge in [-0.1, -0.05) is 35.3 Å². The summed E-state index contributed by atoms with van der Waals surface area (Å²) < 4.78 is 28.8. The minimum atomic E-state index is -1.26. The highest BCUT2D eigenvalue weighted by Gasteiger charge is 2.58. The predicted octanol–water partition coefficient (Wildman–Crippen LogP) is 4.58. The van der Waals surface area contributed by atoms with Gasteiger partial charge in [-0.25, -0.2) is 8.78 Å². The maximum atomic E-state index is 14.7. The van der Waals surface area contributed by atoms with Crippen LogP contribution < -0.4 is 10.6 Å². The Morgan fingerprint density at radius 3 is 2.72 bits per heavy atom. The maximum absolute atomic E-state index is 14.7. The normalized spacial score (nSPS) is 27.6. The maximum Gasteiger partial charge on any atom is 0.250 e. The first kappa shape index (κ1) is 16.8. The summed E-state index contributed by atoms with van der Waals surface area (Å²) in [6, 6.07) is 7.28. The second-order valence-corrected chi connectivity index (χ2v) is 7.37. The van der Waals surface area contributed by atoms with E-state index >= 15 is 0 Å². The lowest BCUT2D eigenvalue weighted by molar-refractivity contribution is -0.122. The molecular formula is C18H14Cl2F2N2O. The van der Waals surface area contributed by atoms with Crippen molar-refractivity contribution in [3.8, 4) is 0 Å². The van der Waals surface area contributed by atoms with Gasteiger partial charge in [-0.2, -0.15) is 0 Å². The molecule has 7 heteroatoms. The van der Waals surface area contributed by atoms with Gasteiger partial charge in [-0.05, 0) is 37.1 Å². The highest BCUT2D eigenvalue weighted by molar-refractivity contribution is 6.31. The van der Waals surface area contributed by atoms with Crippen molar-refractivity contribution in [2.45, 2.75) is 30.8 Å². The minimum Gasteiger partial charge on any atom is -0.324 e. The molecule has 0 bridgehead atoms. The number of carbonyl (C=O) groups is 1. The molecule has 130 valence electrons. The Morgan fingerprint density at radius 1 is 1.20 bits per heavy atom. The number of halogens is 4. The zero-order valence-electron chi connectivity index (χ0n) is 13.2. The van der Waals surface area contributed by atoms with Crippen molar-refractivity contribution in [1.29, 1.82) is 0 Å². The lowest BCUT2D eigenvalue weighted by Gasteiger charge is -2.30. The van der Waals surface area contributed by atoms with Crippen molar-refractivity contribution >= 4 is 34.8 Å². The van der Waals surface area contributed by atoms with Crippen LogP contribution in [0, 0.1) is 11.6 Å². The van der Waals surface area contributed by atoms with Crippen molar-refractivity contribution in [1.82, 2.24) is 5.32 Å². The van der Waals surface area contributed by atoms with Gasteiger partial charge < -0.3 is 5.32 Å². The number of benzene rings is 2. The van der Waals surface area contributed by atoms with Crippen LogP contribution in [0.1, 0.15) is 30.4 Å². The Morgan fingerprint density at radius 2 is 1.96 bits per heavy atom. The van der Waals surface area contributed by atoms with Gasteiger partial charge >= 0.3 is 0 Å². The average molecular weight is 383 g/mol. The summed E-state index contributed by atoms with van der Waals surface area (Å²) in [6.45, 7) is 1.90. The first-order valence-corrected chi connectivity index (χ1v) is 8.62. The number of amides is 1. The third-order valence-corrected chi connectivity index (χ3v) is 5.62. The standard InChI is InChI=1S/C18H14Cl2F2N2O/c1-8-5-10(9-3-2-4-12(19)16(9)22)18(24-8)11-6-14(21)13(20)7-15(11)23-17(18)25/h2-4,6-8,10,24H,5H2,1H3,(H,23,25)/t8-,10+,18-/m0/s1. The zero-order chi connectivity index (χ0) is 17.9. The molecule has 4 rings (SSSR count). The predicted molar refractivity (Wildman–Crippen MR) is 93.1 cm³/mol. The first-order chi connectivity index (χ1) is 11.8. The van der Waals surface area contributed by atoms with Crippen LogP contribution in [0.3, 0.4) is 0 Å². The van der Waals surface area contributed by atoms with E-state index in [1.807, 2.05) is 6.92 Å². The number of fused-ring (bicyclic) bond motifs is 2.